The Labute approximate surface area is 124 Å². The van der Waals surface area contributed by atoms with Gasteiger partial charge >= 0.3 is 0 Å². The Bertz CT molecular complexity index is 526. The van der Waals surface area contributed by atoms with Crippen LogP contribution in [0.4, 0.5) is 4.39 Å². The SMILES string of the molecule is COc1cc(F)c(C(=O)N2C[C@H](C)N[C@@H](C)C2)cc1OC. The van der Waals surface area contributed by atoms with Gasteiger partial charge in [-0.1, -0.05) is 0 Å². The quantitative estimate of drug-likeness (QED) is 0.922. The number of halogens is 1. The van der Waals surface area contributed by atoms with Crippen molar-refractivity contribution in [1.82, 2.24) is 10.2 Å². The molecular weight excluding hydrogens is 275 g/mol. The van der Waals surface area contributed by atoms with Crippen molar-refractivity contribution in [3.05, 3.63) is 23.5 Å². The lowest BCUT2D eigenvalue weighted by Crippen LogP contribution is -2.55. The summed E-state index contributed by atoms with van der Waals surface area (Å²) in [6, 6.07) is 2.94. The first-order chi connectivity index (χ1) is 9.96. The minimum atomic E-state index is -0.600. The molecule has 1 aliphatic heterocycles. The van der Waals surface area contributed by atoms with Crippen molar-refractivity contribution in [2.75, 3.05) is 27.3 Å². The lowest BCUT2D eigenvalue weighted by atomic mass is 10.1. The summed E-state index contributed by atoms with van der Waals surface area (Å²) in [6.07, 6.45) is 0. The number of nitrogens with zero attached hydrogens (tertiary/aromatic N) is 1. The van der Waals surface area contributed by atoms with E-state index in [1.807, 2.05) is 13.8 Å². The molecule has 0 aliphatic carbocycles. The number of carbonyl (C=O) groups is 1. The summed E-state index contributed by atoms with van der Waals surface area (Å²) in [7, 11) is 2.89. The van der Waals surface area contributed by atoms with Crippen LogP contribution in [0.3, 0.4) is 0 Å². The van der Waals surface area contributed by atoms with Crippen LogP contribution in [-0.2, 0) is 0 Å². The van der Waals surface area contributed by atoms with Gasteiger partial charge in [-0.25, -0.2) is 4.39 Å². The van der Waals surface area contributed by atoms with E-state index in [1.54, 1.807) is 4.90 Å². The standard InChI is InChI=1S/C15H21FN2O3/c1-9-7-18(8-10(2)17-9)15(19)11-5-13(20-3)14(21-4)6-12(11)16/h5-6,9-10,17H,7-8H2,1-4H3/t9-,10-/m0/s1. The smallest absolute Gasteiger partial charge is 0.257 e. The van der Waals surface area contributed by atoms with Gasteiger partial charge < -0.3 is 19.7 Å². The van der Waals surface area contributed by atoms with Gasteiger partial charge in [0.25, 0.3) is 5.91 Å². The van der Waals surface area contributed by atoms with Crippen molar-refractivity contribution in [3.8, 4) is 11.5 Å². The Balaban J connectivity index is 2.30. The van der Waals surface area contributed by atoms with Crippen LogP contribution in [0.25, 0.3) is 0 Å². The third-order valence-corrected chi connectivity index (χ3v) is 3.55. The van der Waals surface area contributed by atoms with Crippen LogP contribution in [0.1, 0.15) is 24.2 Å². The lowest BCUT2D eigenvalue weighted by molar-refractivity contribution is 0.0668. The monoisotopic (exact) mass is 296 g/mol. The molecule has 1 aromatic rings. The topological polar surface area (TPSA) is 50.8 Å². The fraction of sp³-hybridized carbons (Fsp3) is 0.533. The van der Waals surface area contributed by atoms with Gasteiger partial charge in [0.1, 0.15) is 5.82 Å². The average molecular weight is 296 g/mol. The zero-order valence-corrected chi connectivity index (χ0v) is 12.8. The van der Waals surface area contributed by atoms with E-state index < -0.39 is 5.82 Å². The summed E-state index contributed by atoms with van der Waals surface area (Å²) in [6.45, 7) is 5.11. The molecule has 0 bridgehead atoms. The molecule has 1 aliphatic rings. The fourth-order valence-electron chi connectivity index (χ4n) is 2.68. The molecule has 0 unspecified atom stereocenters. The number of piperazine rings is 1. The van der Waals surface area contributed by atoms with E-state index in [1.165, 1.54) is 26.4 Å². The zero-order chi connectivity index (χ0) is 15.6. The Morgan fingerprint density at radius 1 is 1.19 bits per heavy atom. The number of hydrogen-bond acceptors (Lipinski definition) is 4. The fourth-order valence-corrected chi connectivity index (χ4v) is 2.68. The van der Waals surface area contributed by atoms with Crippen molar-refractivity contribution < 1.29 is 18.7 Å². The number of rotatable bonds is 3. The number of ether oxygens (including phenoxy) is 2. The summed E-state index contributed by atoms with van der Waals surface area (Å²) >= 11 is 0. The minimum absolute atomic E-state index is 0.00829. The van der Waals surface area contributed by atoms with Crippen molar-refractivity contribution >= 4 is 5.91 Å². The zero-order valence-electron chi connectivity index (χ0n) is 12.8. The van der Waals surface area contributed by atoms with Crippen LogP contribution in [0.2, 0.25) is 0 Å². The second-order valence-corrected chi connectivity index (χ2v) is 5.37. The number of hydrogen-bond donors (Lipinski definition) is 1. The van der Waals surface area contributed by atoms with Crippen molar-refractivity contribution in [3.63, 3.8) is 0 Å². The molecule has 6 heteroatoms. The Hall–Kier alpha value is -1.82. The van der Waals surface area contributed by atoms with Gasteiger partial charge in [-0.15, -0.1) is 0 Å². The van der Waals surface area contributed by atoms with Crippen LogP contribution in [0.15, 0.2) is 12.1 Å². The molecular formula is C15H21FN2O3. The van der Waals surface area contributed by atoms with Gasteiger partial charge in [0, 0.05) is 31.2 Å². The molecule has 1 saturated heterocycles. The number of methoxy groups -OCH3 is 2. The number of nitrogens with one attached hydrogen (secondary N) is 1. The lowest BCUT2D eigenvalue weighted by Gasteiger charge is -2.36. The van der Waals surface area contributed by atoms with Gasteiger partial charge in [0.2, 0.25) is 0 Å². The second-order valence-electron chi connectivity index (χ2n) is 5.37. The predicted octanol–water partition coefficient (Wildman–Crippen LogP) is 1.67. The predicted molar refractivity (Wildman–Crippen MR) is 77.5 cm³/mol. The summed E-state index contributed by atoms with van der Waals surface area (Å²) < 4.78 is 24.3. The highest BCUT2D eigenvalue weighted by atomic mass is 19.1. The first-order valence-electron chi connectivity index (χ1n) is 6.93. The molecule has 1 aromatic carbocycles. The maximum Gasteiger partial charge on any atom is 0.257 e. The Morgan fingerprint density at radius 2 is 1.71 bits per heavy atom. The van der Waals surface area contributed by atoms with Crippen LogP contribution in [0, 0.1) is 5.82 Å². The average Bonchev–Trinajstić information content (AvgIpc) is 2.45. The highest BCUT2D eigenvalue weighted by Crippen LogP contribution is 2.30. The van der Waals surface area contributed by atoms with Gasteiger partial charge in [0.15, 0.2) is 11.5 Å². The molecule has 116 valence electrons. The molecule has 1 fully saturated rings. The van der Waals surface area contributed by atoms with Gasteiger partial charge in [-0.2, -0.15) is 0 Å². The van der Waals surface area contributed by atoms with Crippen molar-refractivity contribution in [1.29, 1.82) is 0 Å². The summed E-state index contributed by atoms with van der Waals surface area (Å²) in [5, 5.41) is 3.34. The molecule has 1 amide bonds. The largest absolute Gasteiger partial charge is 0.493 e. The molecule has 0 saturated carbocycles. The molecule has 5 nitrogen and oxygen atoms in total. The molecule has 0 aromatic heterocycles. The van der Waals surface area contributed by atoms with Crippen LogP contribution in [0.5, 0.6) is 11.5 Å². The Morgan fingerprint density at radius 3 is 2.24 bits per heavy atom. The third-order valence-electron chi connectivity index (χ3n) is 3.55. The third kappa shape index (κ3) is 3.26. The van der Waals surface area contributed by atoms with Crippen LogP contribution < -0.4 is 14.8 Å². The Kier molecular flexibility index (Phi) is 4.67. The highest BCUT2D eigenvalue weighted by molar-refractivity contribution is 5.95. The van der Waals surface area contributed by atoms with Gasteiger partial charge in [0.05, 0.1) is 19.8 Å². The highest BCUT2D eigenvalue weighted by Gasteiger charge is 2.28. The minimum Gasteiger partial charge on any atom is -0.493 e. The summed E-state index contributed by atoms with van der Waals surface area (Å²) in [5.41, 5.74) is 0.00829. The molecule has 0 radical (unpaired) electrons. The molecule has 1 heterocycles. The normalized spacial score (nSPS) is 22.0. The van der Waals surface area contributed by atoms with E-state index >= 15 is 0 Å². The van der Waals surface area contributed by atoms with Gasteiger partial charge in [-0.05, 0) is 19.9 Å². The maximum absolute atomic E-state index is 14.2. The van der Waals surface area contributed by atoms with Crippen molar-refractivity contribution in [2.24, 2.45) is 0 Å². The second kappa shape index (κ2) is 6.30. The van der Waals surface area contributed by atoms with Crippen LogP contribution in [-0.4, -0.2) is 50.2 Å². The number of amides is 1. The van der Waals surface area contributed by atoms with E-state index in [0.717, 1.165) is 0 Å². The first kappa shape index (κ1) is 15.6. The summed E-state index contributed by atoms with van der Waals surface area (Å²) in [5.74, 6) is -0.308. The van der Waals surface area contributed by atoms with Crippen LogP contribution >= 0.6 is 0 Å². The first-order valence-corrected chi connectivity index (χ1v) is 6.93. The molecule has 0 spiro atoms. The maximum atomic E-state index is 14.2. The van der Waals surface area contributed by atoms with E-state index in [4.69, 9.17) is 9.47 Å². The van der Waals surface area contributed by atoms with Crippen molar-refractivity contribution in [2.45, 2.75) is 25.9 Å². The molecule has 1 N–H and O–H groups in total. The molecule has 2 rings (SSSR count). The number of carbonyl (C=O) groups excluding carboxylic acids is 1. The molecule has 21 heavy (non-hydrogen) atoms. The van der Waals surface area contributed by atoms with E-state index in [2.05, 4.69) is 5.32 Å². The summed E-state index contributed by atoms with van der Waals surface area (Å²) in [4.78, 5) is 14.2. The van der Waals surface area contributed by atoms with Gasteiger partial charge in [-0.3, -0.25) is 4.79 Å². The van der Waals surface area contributed by atoms with E-state index in [-0.39, 0.29) is 29.3 Å². The molecule has 2 atom stereocenters. The van der Waals surface area contributed by atoms with E-state index in [0.29, 0.717) is 18.8 Å². The van der Waals surface area contributed by atoms with E-state index in [9.17, 15) is 9.18 Å². The number of benzene rings is 1.